The molecule has 0 saturated heterocycles. The Hall–Kier alpha value is -3.14. The number of halogens is 1. The maximum Gasteiger partial charge on any atom is 0.263 e. The molecule has 34 heavy (non-hydrogen) atoms. The predicted molar refractivity (Wildman–Crippen MR) is 130 cm³/mol. The molecule has 8 nitrogen and oxygen atoms in total. The Kier molecular flexibility index (Phi) is 6.05. The molecule has 2 heterocycles. The van der Waals surface area contributed by atoms with Crippen molar-refractivity contribution in [2.24, 2.45) is 0 Å². The first-order valence-corrected chi connectivity index (χ1v) is 12.3. The van der Waals surface area contributed by atoms with E-state index < -0.39 is 22.2 Å². The highest BCUT2D eigenvalue weighted by Gasteiger charge is 2.42. The highest BCUT2D eigenvalue weighted by molar-refractivity contribution is 7.92. The first kappa shape index (κ1) is 24.0. The van der Waals surface area contributed by atoms with Crippen LogP contribution in [-0.2, 0) is 15.4 Å². The summed E-state index contributed by atoms with van der Waals surface area (Å²) in [6.07, 6.45) is 0.0310. The topological polar surface area (TPSA) is 109 Å². The first-order valence-electron chi connectivity index (χ1n) is 10.4. The molecule has 2 N–H and O–H groups in total. The van der Waals surface area contributed by atoms with Gasteiger partial charge in [-0.1, -0.05) is 44.5 Å². The Morgan fingerprint density at radius 3 is 2.41 bits per heavy atom. The molecule has 1 atom stereocenters. The van der Waals surface area contributed by atoms with Crippen molar-refractivity contribution in [2.45, 2.75) is 37.3 Å². The second kappa shape index (κ2) is 8.57. The second-order valence-electron chi connectivity index (χ2n) is 8.84. The van der Waals surface area contributed by atoms with Gasteiger partial charge in [0, 0.05) is 16.8 Å². The molecular formula is C24H24ClN3O5S. The number of aromatic nitrogens is 1. The van der Waals surface area contributed by atoms with Gasteiger partial charge in [0.2, 0.25) is 5.88 Å². The fourth-order valence-electron chi connectivity index (χ4n) is 3.82. The molecule has 0 fully saturated rings. The Morgan fingerprint density at radius 1 is 1.12 bits per heavy atom. The van der Waals surface area contributed by atoms with Crippen molar-refractivity contribution in [3.63, 3.8) is 0 Å². The van der Waals surface area contributed by atoms with Crippen molar-refractivity contribution in [3.05, 3.63) is 76.4 Å². The SMILES string of the molecule is COc1ncccc1N1C(=O)c2c(NS(=O)(=O)c3ccc(C(C)(C)C)cc3)ccc(Cl)c2C1O. The molecule has 2 aromatic carbocycles. The molecule has 0 aliphatic carbocycles. The molecule has 0 bridgehead atoms. The van der Waals surface area contributed by atoms with Gasteiger partial charge in [0.15, 0.2) is 6.23 Å². The van der Waals surface area contributed by atoms with Crippen molar-refractivity contribution in [3.8, 4) is 5.88 Å². The van der Waals surface area contributed by atoms with E-state index in [9.17, 15) is 18.3 Å². The number of fused-ring (bicyclic) bond motifs is 1. The second-order valence-corrected chi connectivity index (χ2v) is 10.9. The van der Waals surface area contributed by atoms with Gasteiger partial charge < -0.3 is 9.84 Å². The highest BCUT2D eigenvalue weighted by Crippen LogP contribution is 2.45. The minimum atomic E-state index is -4.03. The maximum absolute atomic E-state index is 13.4. The number of nitrogens with one attached hydrogen (secondary N) is 1. The van der Waals surface area contributed by atoms with Crippen LogP contribution in [0.15, 0.2) is 59.6 Å². The van der Waals surface area contributed by atoms with Crippen molar-refractivity contribution >= 4 is 38.9 Å². The number of pyridine rings is 1. The third kappa shape index (κ3) is 4.11. The Bertz CT molecular complexity index is 1370. The van der Waals surface area contributed by atoms with Crippen molar-refractivity contribution in [1.29, 1.82) is 0 Å². The summed E-state index contributed by atoms with van der Waals surface area (Å²) in [5.41, 5.74) is 1.14. The van der Waals surface area contributed by atoms with E-state index in [0.717, 1.165) is 10.5 Å². The zero-order valence-electron chi connectivity index (χ0n) is 19.0. The number of rotatable bonds is 5. The maximum atomic E-state index is 13.4. The number of hydrogen-bond acceptors (Lipinski definition) is 6. The number of amides is 1. The summed E-state index contributed by atoms with van der Waals surface area (Å²) >= 11 is 6.31. The summed E-state index contributed by atoms with van der Waals surface area (Å²) in [5.74, 6) is -0.517. The molecule has 0 spiro atoms. The molecule has 178 valence electrons. The van der Waals surface area contributed by atoms with Gasteiger partial charge in [-0.15, -0.1) is 0 Å². The van der Waals surface area contributed by atoms with Crippen LogP contribution in [0, 0.1) is 0 Å². The van der Waals surface area contributed by atoms with Crippen molar-refractivity contribution in [2.75, 3.05) is 16.7 Å². The fraction of sp³-hybridized carbons (Fsp3) is 0.250. The minimum Gasteiger partial charge on any atom is -0.480 e. The Morgan fingerprint density at radius 2 is 1.79 bits per heavy atom. The number of ether oxygens (including phenoxy) is 1. The van der Waals surface area contributed by atoms with Crippen LogP contribution in [0.1, 0.15) is 48.5 Å². The summed E-state index contributed by atoms with van der Waals surface area (Å²) in [6.45, 7) is 6.10. The summed E-state index contributed by atoms with van der Waals surface area (Å²) in [4.78, 5) is 18.6. The van der Waals surface area contributed by atoms with Crippen molar-refractivity contribution < 1.29 is 23.1 Å². The van der Waals surface area contributed by atoms with Crippen molar-refractivity contribution in [1.82, 2.24) is 4.98 Å². The van der Waals surface area contributed by atoms with E-state index in [-0.39, 0.29) is 43.7 Å². The lowest BCUT2D eigenvalue weighted by atomic mass is 9.87. The van der Waals surface area contributed by atoms with Gasteiger partial charge in [-0.25, -0.2) is 13.4 Å². The van der Waals surface area contributed by atoms with E-state index in [1.54, 1.807) is 24.3 Å². The molecule has 1 aromatic heterocycles. The molecule has 1 amide bonds. The third-order valence-electron chi connectivity index (χ3n) is 5.61. The van der Waals surface area contributed by atoms with E-state index >= 15 is 0 Å². The predicted octanol–water partition coefficient (Wildman–Crippen LogP) is 4.49. The monoisotopic (exact) mass is 501 g/mol. The van der Waals surface area contributed by atoms with E-state index in [1.807, 2.05) is 20.8 Å². The zero-order valence-corrected chi connectivity index (χ0v) is 20.6. The molecule has 4 rings (SSSR count). The lowest BCUT2D eigenvalue weighted by Crippen LogP contribution is -2.28. The Balaban J connectivity index is 1.75. The number of carbonyl (C=O) groups excluding carboxylic acids is 1. The van der Waals surface area contributed by atoms with Crippen LogP contribution in [0.25, 0.3) is 0 Å². The number of sulfonamides is 1. The van der Waals surface area contributed by atoms with Crippen LogP contribution in [0.3, 0.4) is 0 Å². The zero-order chi connectivity index (χ0) is 24.8. The van der Waals surface area contributed by atoms with Crippen LogP contribution in [0.4, 0.5) is 11.4 Å². The van der Waals surface area contributed by atoms with Crippen LogP contribution >= 0.6 is 11.6 Å². The van der Waals surface area contributed by atoms with E-state index in [1.165, 1.54) is 37.6 Å². The smallest absolute Gasteiger partial charge is 0.263 e. The molecule has 1 aliphatic rings. The number of aliphatic hydroxyl groups is 1. The molecular weight excluding hydrogens is 478 g/mol. The van der Waals surface area contributed by atoms with Gasteiger partial charge in [-0.3, -0.25) is 14.4 Å². The summed E-state index contributed by atoms with van der Waals surface area (Å²) in [6, 6.07) is 12.5. The largest absolute Gasteiger partial charge is 0.480 e. The number of anilines is 2. The van der Waals surface area contributed by atoms with E-state index in [2.05, 4.69) is 9.71 Å². The number of carbonyl (C=O) groups is 1. The van der Waals surface area contributed by atoms with E-state index in [0.29, 0.717) is 0 Å². The number of aliphatic hydroxyl groups excluding tert-OH is 1. The lowest BCUT2D eigenvalue weighted by Gasteiger charge is -2.22. The first-order chi connectivity index (χ1) is 16.0. The van der Waals surface area contributed by atoms with Crippen LogP contribution < -0.4 is 14.4 Å². The summed E-state index contributed by atoms with van der Waals surface area (Å²) < 4.78 is 34.0. The number of methoxy groups -OCH3 is 1. The van der Waals surface area contributed by atoms with Crippen LogP contribution in [-0.4, -0.2) is 31.5 Å². The standard InChI is InChI=1S/C24H24ClN3O5S/c1-24(2,3)14-7-9-15(10-8-14)34(31,32)27-17-12-11-16(25)19-20(17)23(30)28(22(19)29)18-6-5-13-26-21(18)33-4/h5-13,22,27,29H,1-4H3. The quantitative estimate of drug-likeness (QED) is 0.533. The summed E-state index contributed by atoms with van der Waals surface area (Å²) in [5, 5.41) is 11.1. The molecule has 10 heteroatoms. The number of nitrogens with zero attached hydrogens (tertiary/aromatic N) is 2. The molecule has 3 aromatic rings. The van der Waals surface area contributed by atoms with Gasteiger partial charge in [-0.2, -0.15) is 0 Å². The van der Waals surface area contributed by atoms with Gasteiger partial charge in [0.05, 0.1) is 23.3 Å². The van der Waals surface area contributed by atoms with Gasteiger partial charge >= 0.3 is 0 Å². The molecule has 0 saturated carbocycles. The van der Waals surface area contributed by atoms with Gasteiger partial charge in [0.25, 0.3) is 15.9 Å². The van der Waals surface area contributed by atoms with E-state index in [4.69, 9.17) is 16.3 Å². The van der Waals surface area contributed by atoms with Crippen LogP contribution in [0.5, 0.6) is 5.88 Å². The normalized spacial score (nSPS) is 15.9. The third-order valence-corrected chi connectivity index (χ3v) is 7.32. The number of benzene rings is 2. The van der Waals surface area contributed by atoms with Crippen LogP contribution in [0.2, 0.25) is 5.02 Å². The highest BCUT2D eigenvalue weighted by atomic mass is 35.5. The van der Waals surface area contributed by atoms with Gasteiger partial charge in [0.1, 0.15) is 5.69 Å². The summed E-state index contributed by atoms with van der Waals surface area (Å²) in [7, 11) is -2.64. The fourth-order valence-corrected chi connectivity index (χ4v) is 5.15. The average Bonchev–Trinajstić information content (AvgIpc) is 3.06. The average molecular weight is 502 g/mol. The molecule has 1 unspecified atom stereocenters. The Labute approximate surface area is 203 Å². The lowest BCUT2D eigenvalue weighted by molar-refractivity contribution is 0.0934. The van der Waals surface area contributed by atoms with Gasteiger partial charge in [-0.05, 0) is 47.4 Å². The minimum absolute atomic E-state index is 0.00806. The molecule has 0 radical (unpaired) electrons. The molecule has 1 aliphatic heterocycles. The number of hydrogen-bond donors (Lipinski definition) is 2.